The van der Waals surface area contributed by atoms with Crippen LogP contribution in [0.1, 0.15) is 256 Å². The average Bonchev–Trinajstić information content (AvgIpc) is 1.62. The Labute approximate surface area is 871 Å². The fourth-order valence-electron chi connectivity index (χ4n) is 18.2. The maximum Gasteiger partial charge on any atom is 0.683 e. The summed E-state index contributed by atoms with van der Waals surface area (Å²) in [5.41, 5.74) is 1.45. The highest BCUT2D eigenvalue weighted by Gasteiger charge is 2.42. The number of aliphatic hydroxyl groups excluding tert-OH is 1. The Bertz CT molecular complexity index is 6730. The fraction of sp³-hybridized carbons (Fsp3) is 0.472. The molecule has 5 aliphatic rings. The van der Waals surface area contributed by atoms with Crippen LogP contribution in [-0.4, -0.2) is 285 Å². The number of benzene rings is 5. The zero-order valence-electron chi connectivity index (χ0n) is 86.3. The van der Waals surface area contributed by atoms with Crippen LogP contribution in [0.4, 0.5) is 9.59 Å². The van der Waals surface area contributed by atoms with Gasteiger partial charge in [-0.3, -0.25) is 72.8 Å². The van der Waals surface area contributed by atoms with Gasteiger partial charge in [0.2, 0.25) is 23.1 Å². The van der Waals surface area contributed by atoms with Crippen molar-refractivity contribution in [1.82, 2.24) is 33.0 Å². The van der Waals surface area contributed by atoms with Crippen molar-refractivity contribution in [2.24, 2.45) is 26.5 Å². The largest absolute Gasteiger partial charge is 0.683 e. The number of amides is 1. The van der Waals surface area contributed by atoms with E-state index in [-0.39, 0.29) is 108 Å². The Morgan fingerprint density at radius 2 is 0.913 bits per heavy atom. The van der Waals surface area contributed by atoms with E-state index in [0.29, 0.717) is 199 Å². The number of aliphatic carboxylic acids is 1. The standard InChI is InChI=1S/C31H32N4O7.C28H36ClN3O6.C26H31N5O7.C23H28N2O7/c1-31(2,34-15-17-41-18-16-34)30(40)21-11-13-22(14-12-21)35-20-24(23-7-3-5-9-26(23)35)29(39)25(33-42-28(38)19-32)8-4-6-10-27(36)37;1-4-31-17-21(25(34)22(30-38-27(29)36)16-18-7-5-6-8-24(18)33)20-15-19(9-10-23(20)31)26(35)28(2,3)32-11-13-37-14-12-32;1-4-29-17-20(23(32)21(8-6-5-7-11-27)28-38-25(34)31(35)36)19-16-18(9-10-22(19)29)24(33)26(2,3)30-12-14-37-15-13-30;1-5-20(26)32-24-18(13-30-11-15-12-31-15)21(27)17-10-25(6-2)19-8-7-14(9-16(17)19)22(28)23(3,4)29/h3,5,7,9,11-14,20H,4,6,8,10,15-18H2,1-2H3,(H,36,37);9-10,15,17-18,24,33H,4-8,11-14,16H2,1-3H3;9-10,16-17H,4-8,12-15H2,1-3H3;7-10,15,29H,5-6,11-13H2,1-4H3/b33-25+;30-22+;28-21+;24-18+. The van der Waals surface area contributed by atoms with Crippen LogP contribution in [0.15, 0.2) is 149 Å². The highest BCUT2D eigenvalue weighted by molar-refractivity contribution is 6.61. The number of ketones is 8. The van der Waals surface area contributed by atoms with Crippen molar-refractivity contribution in [3.63, 3.8) is 0 Å². The second kappa shape index (κ2) is 53.4. The minimum Gasteiger partial charge on any atom is -0.481 e. The smallest absolute Gasteiger partial charge is 0.481 e. The number of morpholine rings is 3. The van der Waals surface area contributed by atoms with Crippen molar-refractivity contribution in [1.29, 1.82) is 10.5 Å². The summed E-state index contributed by atoms with van der Waals surface area (Å²) in [4.78, 5) is 198. The van der Waals surface area contributed by atoms with Gasteiger partial charge in [0.1, 0.15) is 33.8 Å². The second-order valence-corrected chi connectivity index (χ2v) is 38.8. The van der Waals surface area contributed by atoms with Gasteiger partial charge < -0.3 is 71.8 Å². The van der Waals surface area contributed by atoms with E-state index in [1.807, 2.05) is 117 Å². The van der Waals surface area contributed by atoms with Crippen LogP contribution in [-0.2, 0) is 77.1 Å². The molecule has 0 spiro atoms. The van der Waals surface area contributed by atoms with E-state index in [0.717, 1.165) is 47.0 Å². The van der Waals surface area contributed by atoms with Gasteiger partial charge in [0.15, 0.2) is 34.9 Å². The molecule has 5 fully saturated rings. The number of halogens is 1. The lowest BCUT2D eigenvalue weighted by Crippen LogP contribution is -2.54. The monoisotopic (exact) mass is 2090 g/mol. The van der Waals surface area contributed by atoms with Crippen molar-refractivity contribution in [3.05, 3.63) is 183 Å². The third-order valence-corrected chi connectivity index (χ3v) is 27.1. The number of fused-ring (bicyclic) bond motifs is 4. The number of ether oxygens (including phenoxy) is 5. The molecule has 8 heterocycles. The van der Waals surface area contributed by atoms with Crippen molar-refractivity contribution in [3.8, 4) is 17.8 Å². The lowest BCUT2D eigenvalue weighted by Gasteiger charge is -2.39. The van der Waals surface area contributed by atoms with Gasteiger partial charge in [-0.05, 0) is 218 Å². The van der Waals surface area contributed by atoms with E-state index < -0.39 is 91.6 Å². The number of Topliss-reactive ketones (excluding diaryl/α,β-unsaturated/α-hetero) is 8. The number of rotatable bonds is 43. The molecule has 3 atom stereocenters. The maximum absolute atomic E-state index is 13.8. The topological polar surface area (TPSA) is 539 Å². The molecule has 3 N–H and O–H groups in total. The quantitative estimate of drug-likeness (QED) is 0.00368. The van der Waals surface area contributed by atoms with Gasteiger partial charge in [-0.2, -0.15) is 15.3 Å². The van der Waals surface area contributed by atoms with Crippen molar-refractivity contribution >= 4 is 154 Å². The Hall–Kier alpha value is -14.1. The zero-order chi connectivity index (χ0) is 109. The number of para-hydroxylation sites is 1. The van der Waals surface area contributed by atoms with Crippen LogP contribution in [0.5, 0.6) is 0 Å². The number of aromatic nitrogens is 4. The third kappa shape index (κ3) is 29.6. The number of carboxylic acid groups (broad SMARTS) is 1. The van der Waals surface area contributed by atoms with E-state index in [1.54, 1.807) is 105 Å². The van der Waals surface area contributed by atoms with Gasteiger partial charge in [0.05, 0.1) is 93.8 Å². The molecule has 4 aromatic heterocycles. The molecule has 1 amide bonds. The highest BCUT2D eigenvalue weighted by Crippen LogP contribution is 2.37. The Morgan fingerprint density at radius 3 is 1.35 bits per heavy atom. The predicted molar refractivity (Wildman–Crippen MR) is 553 cm³/mol. The van der Waals surface area contributed by atoms with Crippen LogP contribution in [0.3, 0.4) is 0 Å². The van der Waals surface area contributed by atoms with Gasteiger partial charge in [-0.15, -0.1) is 0 Å². The van der Waals surface area contributed by atoms with Crippen LogP contribution < -0.4 is 0 Å². The highest BCUT2D eigenvalue weighted by atomic mass is 35.5. The SMILES string of the molecule is CC(C)(C(=O)c1ccc(-n2cc(C(=O)/C(CCCCC(=O)O)=N/OC(=O)C#N)c3ccccc32)cc1)N1CCOCC1.CCC(=O)O/N=C(\COCC1CO1)C(=O)c1cn(CC)c2ccc(C(=O)C(C)(C)O)cc12.CCn1cc(C(=O)/C(CC2CCCCC2O)=N/OC(=O)Cl)c2cc(C(=O)C(C)(C)N3CCOCC3)ccc21.CCn1cc(C(=O)/C(CCCCC#N)=N/OC(=O)[N+](=O)[O-])c2cc(C(=O)C(C)(C)N3CCOCC3)ccc21. The molecule has 0 bridgehead atoms. The molecule has 9 aromatic rings. The number of unbranched alkanes of at least 4 members (excludes halogenated alkanes) is 3. The summed E-state index contributed by atoms with van der Waals surface area (Å²) >= 11 is 5.35. The van der Waals surface area contributed by atoms with Gasteiger partial charge >= 0.3 is 29.4 Å². The molecule has 1 aliphatic carbocycles. The number of nitriles is 2. The first-order valence-corrected chi connectivity index (χ1v) is 50.4. The average molecular weight is 2090 g/mol. The molecular formula is C108H127ClN14O27. The Morgan fingerprint density at radius 1 is 0.500 bits per heavy atom. The van der Waals surface area contributed by atoms with E-state index in [2.05, 4.69) is 49.8 Å². The summed E-state index contributed by atoms with van der Waals surface area (Å²) in [6.07, 6.45) is 9.62. The van der Waals surface area contributed by atoms with Crippen molar-refractivity contribution in [2.75, 3.05) is 98.7 Å². The normalized spacial score (nSPS) is 16.7. The number of aryl methyl sites for hydroxylation is 3. The van der Waals surface area contributed by atoms with Crippen molar-refractivity contribution < 1.29 is 126 Å². The number of carboxylic acids is 1. The number of hydrogen-bond acceptors (Lipinski definition) is 35. The van der Waals surface area contributed by atoms with E-state index in [9.17, 15) is 82.7 Å². The zero-order valence-corrected chi connectivity index (χ0v) is 87.0. The Kier molecular flexibility index (Phi) is 41.3. The van der Waals surface area contributed by atoms with Crippen LogP contribution >= 0.6 is 11.6 Å². The first-order chi connectivity index (χ1) is 71.5. The van der Waals surface area contributed by atoms with E-state index >= 15 is 0 Å². The second-order valence-electron chi connectivity index (χ2n) is 38.5. The third-order valence-electron chi connectivity index (χ3n) is 27.0. The summed E-state index contributed by atoms with van der Waals surface area (Å²) in [5, 5.41) is 74.7. The first kappa shape index (κ1) is 116. The number of carbonyl (C=O) groups excluding carboxylic acids is 12. The number of oxime groups is 4. The predicted octanol–water partition coefficient (Wildman–Crippen LogP) is 15.5. The van der Waals surface area contributed by atoms with Gasteiger partial charge in [-0.25, -0.2) is 14.4 Å². The van der Waals surface area contributed by atoms with Gasteiger partial charge in [0, 0.05) is 209 Å². The number of carbonyl (C=O) groups is 13. The molecule has 5 aromatic carbocycles. The molecule has 1 saturated carbocycles. The number of nitrogens with zero attached hydrogens (tertiary/aromatic N) is 14. The van der Waals surface area contributed by atoms with Gasteiger partial charge in [0.25, 0.3) is 0 Å². The minimum absolute atomic E-state index is 0.000140. The van der Waals surface area contributed by atoms with Crippen molar-refractivity contribution in [2.45, 2.75) is 227 Å². The molecule has 42 heteroatoms. The molecular weight excluding hydrogens is 1960 g/mol. The first-order valence-electron chi connectivity index (χ1n) is 50.0. The minimum atomic E-state index is -1.80. The summed E-state index contributed by atoms with van der Waals surface area (Å²) in [7, 11) is 0. The molecule has 4 saturated heterocycles. The number of hydrogen-bond donors (Lipinski definition) is 3. The van der Waals surface area contributed by atoms with Crippen LogP contribution in [0, 0.1) is 38.7 Å². The summed E-state index contributed by atoms with van der Waals surface area (Å²) in [6, 6.07) is 33.3. The van der Waals surface area contributed by atoms with Crippen LogP contribution in [0.25, 0.3) is 49.3 Å². The lowest BCUT2D eigenvalue weighted by atomic mass is 9.82. The maximum atomic E-state index is 13.8. The number of aliphatic hydroxyl groups is 2. The number of epoxide rings is 1. The molecule has 4 aliphatic heterocycles. The summed E-state index contributed by atoms with van der Waals surface area (Å²) < 4.78 is 34.4. The van der Waals surface area contributed by atoms with E-state index in [4.69, 9.17) is 55.8 Å². The molecule has 14 rings (SSSR count). The van der Waals surface area contributed by atoms with E-state index in [1.165, 1.54) is 19.9 Å². The molecule has 41 nitrogen and oxygen atoms in total. The lowest BCUT2D eigenvalue weighted by molar-refractivity contribution is -0.396. The summed E-state index contributed by atoms with van der Waals surface area (Å²) in [6.45, 7) is 31.5. The van der Waals surface area contributed by atoms with Gasteiger partial charge in [-0.1, -0.05) is 58.6 Å². The molecule has 798 valence electrons. The molecule has 150 heavy (non-hydrogen) atoms. The summed E-state index contributed by atoms with van der Waals surface area (Å²) in [5.74, 6) is -5.56. The number of nitro groups is 1. The fourth-order valence-corrected chi connectivity index (χ4v) is 18.3. The molecule has 3 unspecified atom stereocenters. The Balaban J connectivity index is 0.000000190. The molecule has 0 radical (unpaired) electrons. The van der Waals surface area contributed by atoms with Crippen LogP contribution in [0.2, 0.25) is 0 Å².